The number of carbonyl (C=O) groups is 1. The maximum Gasteiger partial charge on any atom is 0.402 e. The Kier molecular flexibility index (Phi) is 4.82. The van der Waals surface area contributed by atoms with Crippen LogP contribution >= 0.6 is 0 Å². The minimum atomic E-state index is -3.85. The normalized spacial score (nSPS) is 10.6. The quantitative estimate of drug-likeness (QED) is 0.747. The van der Waals surface area contributed by atoms with Gasteiger partial charge in [0.05, 0.1) is 5.52 Å². The van der Waals surface area contributed by atoms with E-state index >= 15 is 0 Å². The zero-order valence-corrected chi connectivity index (χ0v) is 12.6. The van der Waals surface area contributed by atoms with E-state index in [1.807, 2.05) is 6.07 Å². The number of amides is 1. The van der Waals surface area contributed by atoms with Crippen LogP contribution in [0, 0.1) is 0 Å². The van der Waals surface area contributed by atoms with E-state index in [-0.39, 0.29) is 4.90 Å². The van der Waals surface area contributed by atoms with Crippen molar-refractivity contribution in [1.29, 1.82) is 0 Å². The van der Waals surface area contributed by atoms with Gasteiger partial charge in [-0.1, -0.05) is 30.3 Å². The van der Waals surface area contributed by atoms with Gasteiger partial charge < -0.3 is 10.8 Å². The second-order valence-corrected chi connectivity index (χ2v) is 5.77. The lowest BCUT2D eigenvalue weighted by atomic mass is 10.3. The van der Waals surface area contributed by atoms with Crippen molar-refractivity contribution in [3.05, 3.63) is 60.9 Å². The summed E-state index contributed by atoms with van der Waals surface area (Å²) in [4.78, 5) is 13.0. The van der Waals surface area contributed by atoms with E-state index in [2.05, 4.69) is 10.7 Å². The first-order valence-corrected chi connectivity index (χ1v) is 7.71. The molecule has 0 aliphatic heterocycles. The smallest absolute Gasteiger partial charge is 0.402 e. The van der Waals surface area contributed by atoms with Crippen molar-refractivity contribution in [3.8, 4) is 0 Å². The molecule has 0 unspecified atom stereocenters. The largest absolute Gasteiger partial charge is 0.465 e. The number of para-hydroxylation sites is 2. The fourth-order valence-electron chi connectivity index (χ4n) is 1.73. The molecule has 3 N–H and O–H groups in total. The van der Waals surface area contributed by atoms with Crippen LogP contribution in [-0.4, -0.2) is 29.3 Å². The Bertz CT molecular complexity index is 902. The van der Waals surface area contributed by atoms with E-state index < -0.39 is 16.2 Å². The molecule has 1 amide bonds. The Hall–Kier alpha value is -3.07. The van der Waals surface area contributed by atoms with Gasteiger partial charge in [-0.05, 0) is 24.3 Å². The molecule has 0 spiro atoms. The summed E-state index contributed by atoms with van der Waals surface area (Å²) >= 11 is 0. The van der Waals surface area contributed by atoms with Gasteiger partial charge in [0.1, 0.15) is 16.7 Å². The van der Waals surface area contributed by atoms with Crippen molar-refractivity contribution >= 4 is 27.2 Å². The summed E-state index contributed by atoms with van der Waals surface area (Å²) in [6.45, 7) is 0. The number of benzene rings is 2. The van der Waals surface area contributed by atoms with Crippen molar-refractivity contribution in [2.45, 2.75) is 4.90 Å². The number of nitrogens with two attached hydrogens (primary N) is 1. The number of imidazole rings is 1. The summed E-state index contributed by atoms with van der Waals surface area (Å²) in [5.41, 5.74) is 5.30. The van der Waals surface area contributed by atoms with Crippen molar-refractivity contribution < 1.29 is 22.6 Å². The third-order valence-electron chi connectivity index (χ3n) is 2.63. The molecule has 120 valence electrons. The lowest BCUT2D eigenvalue weighted by Crippen LogP contribution is -2.19. The second-order valence-electron chi connectivity index (χ2n) is 4.24. The molecule has 9 heteroatoms. The number of primary amides is 1. The average molecular weight is 335 g/mol. The Labute approximate surface area is 131 Å². The van der Waals surface area contributed by atoms with E-state index in [0.717, 1.165) is 4.73 Å². The fourth-order valence-corrected chi connectivity index (χ4v) is 2.64. The molecule has 0 aliphatic rings. The molecule has 0 bridgehead atoms. The molecule has 0 atom stereocenters. The number of fused-ring (bicyclic) bond motifs is 1. The molecule has 1 aromatic heterocycles. The maximum absolute atomic E-state index is 12.1. The lowest BCUT2D eigenvalue weighted by Gasteiger charge is -2.07. The highest BCUT2D eigenvalue weighted by Gasteiger charge is 2.17. The summed E-state index contributed by atoms with van der Waals surface area (Å²) in [6, 6.07) is 15.1. The topological polar surface area (TPSA) is 125 Å². The van der Waals surface area contributed by atoms with E-state index in [4.69, 9.17) is 14.2 Å². The van der Waals surface area contributed by atoms with Crippen LogP contribution in [-0.2, 0) is 10.1 Å². The van der Waals surface area contributed by atoms with Gasteiger partial charge in [0.2, 0.25) is 0 Å². The van der Waals surface area contributed by atoms with Gasteiger partial charge in [0.25, 0.3) is 0 Å². The number of hydrogen-bond donors (Lipinski definition) is 2. The zero-order chi connectivity index (χ0) is 16.9. The Balaban J connectivity index is 0.000000433. The van der Waals surface area contributed by atoms with E-state index in [1.165, 1.54) is 18.5 Å². The Morgan fingerprint density at radius 1 is 1.09 bits per heavy atom. The molecule has 8 nitrogen and oxygen atoms in total. The van der Waals surface area contributed by atoms with Crippen LogP contribution < -0.4 is 10.0 Å². The number of aromatic nitrogens is 2. The Morgan fingerprint density at radius 2 is 1.65 bits per heavy atom. The molecule has 3 rings (SSSR count). The van der Waals surface area contributed by atoms with Crippen LogP contribution in [0.25, 0.3) is 11.0 Å². The number of rotatable bonds is 3. The predicted molar refractivity (Wildman–Crippen MR) is 82.2 cm³/mol. The van der Waals surface area contributed by atoms with Crippen molar-refractivity contribution in [2.24, 2.45) is 5.73 Å². The van der Waals surface area contributed by atoms with Gasteiger partial charge >= 0.3 is 16.2 Å². The highest BCUT2D eigenvalue weighted by Crippen LogP contribution is 2.14. The summed E-state index contributed by atoms with van der Waals surface area (Å²) in [5.74, 6) is 0. The third kappa shape index (κ3) is 4.20. The number of hydrogen-bond acceptors (Lipinski definition) is 5. The first kappa shape index (κ1) is 16.3. The van der Waals surface area contributed by atoms with Gasteiger partial charge in [-0.3, -0.25) is 4.28 Å². The molecule has 0 saturated heterocycles. The summed E-state index contributed by atoms with van der Waals surface area (Å²) in [6.07, 6.45) is 0.00512. The van der Waals surface area contributed by atoms with Crippen LogP contribution in [0.5, 0.6) is 0 Å². The highest BCUT2D eigenvalue weighted by atomic mass is 32.2. The minimum Gasteiger partial charge on any atom is -0.465 e. The molecule has 0 fully saturated rings. The van der Waals surface area contributed by atoms with Crippen molar-refractivity contribution in [3.63, 3.8) is 0 Å². The predicted octanol–water partition coefficient (Wildman–Crippen LogP) is 1.48. The van der Waals surface area contributed by atoms with Gasteiger partial charge in [-0.15, -0.1) is 0 Å². The van der Waals surface area contributed by atoms with Crippen LogP contribution in [0.2, 0.25) is 0 Å². The third-order valence-corrected chi connectivity index (χ3v) is 3.84. The van der Waals surface area contributed by atoms with Crippen molar-refractivity contribution in [1.82, 2.24) is 9.71 Å². The van der Waals surface area contributed by atoms with Crippen molar-refractivity contribution in [2.75, 3.05) is 0 Å². The van der Waals surface area contributed by atoms with Crippen LogP contribution in [0.1, 0.15) is 0 Å². The van der Waals surface area contributed by atoms with Gasteiger partial charge in [-0.2, -0.15) is 13.1 Å². The molecule has 1 heterocycles. The van der Waals surface area contributed by atoms with Crippen LogP contribution in [0.15, 0.2) is 65.8 Å². The van der Waals surface area contributed by atoms with Gasteiger partial charge in [0.15, 0.2) is 0 Å². The second kappa shape index (κ2) is 6.79. The SMILES string of the molecule is NC(=O)O.O=S(=O)(On1cnc2ccccc21)c1ccccc1. The highest BCUT2D eigenvalue weighted by molar-refractivity contribution is 7.87. The molecular formula is C14H13N3O5S. The van der Waals surface area contributed by atoms with E-state index in [9.17, 15) is 8.42 Å². The monoisotopic (exact) mass is 335 g/mol. The average Bonchev–Trinajstić information content (AvgIpc) is 2.90. The van der Waals surface area contributed by atoms with E-state index in [1.54, 1.807) is 36.4 Å². The molecule has 0 radical (unpaired) electrons. The molecular weight excluding hydrogens is 322 g/mol. The van der Waals surface area contributed by atoms with Crippen LogP contribution in [0.4, 0.5) is 4.79 Å². The number of carboxylic acid groups (broad SMARTS) is 1. The summed E-state index contributed by atoms with van der Waals surface area (Å²) < 4.78 is 30.4. The molecule has 0 aliphatic carbocycles. The Morgan fingerprint density at radius 3 is 2.30 bits per heavy atom. The standard InChI is InChI=1S/C13H10N2O3S.CH3NO2/c16-19(17,11-6-2-1-3-7-11)18-15-10-14-12-8-4-5-9-13(12)15;2-1(3)4/h1-10H;2H2,(H,3,4). The molecule has 23 heavy (non-hydrogen) atoms. The zero-order valence-electron chi connectivity index (χ0n) is 11.7. The van der Waals surface area contributed by atoms with E-state index in [0.29, 0.717) is 11.0 Å². The minimum absolute atomic E-state index is 0.104. The first-order chi connectivity index (χ1) is 10.9. The molecule has 0 saturated carbocycles. The van der Waals surface area contributed by atoms with Gasteiger partial charge in [-0.25, -0.2) is 9.78 Å². The maximum atomic E-state index is 12.1. The lowest BCUT2D eigenvalue weighted by molar-refractivity contribution is 0.205. The van der Waals surface area contributed by atoms with Gasteiger partial charge in [0, 0.05) is 0 Å². The molecule has 2 aromatic carbocycles. The molecule has 3 aromatic rings. The first-order valence-electron chi connectivity index (χ1n) is 6.30. The fraction of sp³-hybridized carbons (Fsp3) is 0. The summed E-state index contributed by atoms with van der Waals surface area (Å²) in [7, 11) is -3.85. The van der Waals surface area contributed by atoms with Crippen LogP contribution in [0.3, 0.4) is 0 Å². The number of nitrogens with zero attached hydrogens (tertiary/aromatic N) is 2. The summed E-state index contributed by atoms with van der Waals surface area (Å²) in [5, 5.41) is 7.19.